The minimum Gasteiger partial charge on any atom is -0.344 e. The van der Waals surface area contributed by atoms with Crippen LogP contribution in [0.1, 0.15) is 59.1 Å². The Morgan fingerprint density at radius 2 is 1.82 bits per heavy atom. The van der Waals surface area contributed by atoms with Crippen molar-refractivity contribution in [2.45, 2.75) is 39.0 Å². The quantitative estimate of drug-likeness (QED) is 0.457. The lowest BCUT2D eigenvalue weighted by Crippen LogP contribution is -2.32. The maximum absolute atomic E-state index is 13.2. The van der Waals surface area contributed by atoms with Crippen molar-refractivity contribution in [3.05, 3.63) is 94.8 Å². The number of amides is 2. The van der Waals surface area contributed by atoms with Gasteiger partial charge < -0.3 is 16.0 Å². The Labute approximate surface area is 219 Å². The Morgan fingerprint density at radius 3 is 2.42 bits per heavy atom. The second-order valence-corrected chi connectivity index (χ2v) is 9.27. The molecule has 0 saturated carbocycles. The third-order valence-electron chi connectivity index (χ3n) is 6.74. The number of nitrogens with zero attached hydrogens (tertiary/aromatic N) is 2. The van der Waals surface area contributed by atoms with E-state index in [4.69, 9.17) is 5.73 Å². The van der Waals surface area contributed by atoms with Crippen LogP contribution in [0.25, 0.3) is 16.7 Å². The van der Waals surface area contributed by atoms with E-state index < -0.39 is 11.7 Å². The Balaban J connectivity index is 1.47. The number of halogens is 3. The Hall–Kier alpha value is -3.98. The van der Waals surface area contributed by atoms with Gasteiger partial charge in [0.05, 0.1) is 11.6 Å². The summed E-state index contributed by atoms with van der Waals surface area (Å²) in [4.78, 5) is 30.5. The van der Waals surface area contributed by atoms with Crippen molar-refractivity contribution >= 4 is 17.4 Å². The molecule has 0 fully saturated rings. The molecule has 3 aromatic rings. The number of aromatic nitrogens is 1. The summed E-state index contributed by atoms with van der Waals surface area (Å²) in [5.74, 6) is -0.305. The third-order valence-corrected chi connectivity index (χ3v) is 6.74. The maximum Gasteiger partial charge on any atom is 0.416 e. The van der Waals surface area contributed by atoms with E-state index in [2.05, 4.69) is 10.3 Å². The molecule has 2 heterocycles. The predicted molar refractivity (Wildman–Crippen MR) is 140 cm³/mol. The van der Waals surface area contributed by atoms with Crippen molar-refractivity contribution in [1.29, 1.82) is 0 Å². The molecule has 6 nitrogen and oxygen atoms in total. The van der Waals surface area contributed by atoms with Gasteiger partial charge in [0.25, 0.3) is 5.91 Å². The molecule has 3 N–H and O–H groups in total. The van der Waals surface area contributed by atoms with Gasteiger partial charge >= 0.3 is 6.18 Å². The molecule has 1 aliphatic heterocycles. The fourth-order valence-corrected chi connectivity index (χ4v) is 4.48. The smallest absolute Gasteiger partial charge is 0.344 e. The van der Waals surface area contributed by atoms with Gasteiger partial charge in [-0.1, -0.05) is 36.4 Å². The zero-order valence-corrected chi connectivity index (χ0v) is 21.2. The first-order chi connectivity index (χ1) is 18.1. The summed E-state index contributed by atoms with van der Waals surface area (Å²) in [6.07, 6.45) is -0.169. The van der Waals surface area contributed by atoms with Gasteiger partial charge in [-0.2, -0.15) is 13.2 Å². The van der Waals surface area contributed by atoms with Gasteiger partial charge in [-0.3, -0.25) is 14.6 Å². The molecule has 198 valence electrons. The molecule has 2 aromatic carbocycles. The molecule has 0 spiro atoms. The second-order valence-electron chi connectivity index (χ2n) is 9.27. The van der Waals surface area contributed by atoms with E-state index in [0.717, 1.165) is 28.8 Å². The normalized spacial score (nSPS) is 14.6. The highest BCUT2D eigenvalue weighted by molar-refractivity contribution is 5.93. The summed E-state index contributed by atoms with van der Waals surface area (Å²) in [6, 6.07) is 13.8. The molecule has 0 aliphatic carbocycles. The Kier molecular flexibility index (Phi) is 7.97. The lowest BCUT2D eigenvalue weighted by atomic mass is 9.95. The minimum atomic E-state index is -4.45. The highest BCUT2D eigenvalue weighted by atomic mass is 19.4. The molecule has 38 heavy (non-hydrogen) atoms. The van der Waals surface area contributed by atoms with Gasteiger partial charge in [0.2, 0.25) is 5.91 Å². The van der Waals surface area contributed by atoms with E-state index in [1.165, 1.54) is 6.07 Å². The lowest BCUT2D eigenvalue weighted by molar-refractivity contribution is -0.137. The number of carbonyl (C=O) groups excluding carboxylic acids is 2. The number of nitrogens with two attached hydrogens (primary N) is 1. The zero-order chi connectivity index (χ0) is 27.4. The molecule has 0 unspecified atom stereocenters. The minimum absolute atomic E-state index is 0.0340. The topological polar surface area (TPSA) is 88.3 Å². The summed E-state index contributed by atoms with van der Waals surface area (Å²) >= 11 is 0. The van der Waals surface area contributed by atoms with Crippen LogP contribution in [0.2, 0.25) is 0 Å². The van der Waals surface area contributed by atoms with E-state index in [1.807, 2.05) is 19.1 Å². The van der Waals surface area contributed by atoms with Crippen LogP contribution >= 0.6 is 0 Å². The average Bonchev–Trinajstić information content (AvgIpc) is 2.92. The third kappa shape index (κ3) is 6.11. The van der Waals surface area contributed by atoms with Crippen molar-refractivity contribution < 1.29 is 22.8 Å². The first-order valence-corrected chi connectivity index (χ1v) is 12.3. The monoisotopic (exact) mass is 522 g/mol. The van der Waals surface area contributed by atoms with E-state index in [-0.39, 0.29) is 30.1 Å². The molecule has 4 rings (SSSR count). The van der Waals surface area contributed by atoms with Crippen LogP contribution in [0.5, 0.6) is 0 Å². The summed E-state index contributed by atoms with van der Waals surface area (Å²) in [5, 5.41) is 2.93. The number of hydrogen-bond acceptors (Lipinski definition) is 4. The number of rotatable bonds is 6. The highest BCUT2D eigenvalue weighted by Crippen LogP contribution is 2.34. The molecule has 1 atom stereocenters. The fourth-order valence-electron chi connectivity index (χ4n) is 4.48. The van der Waals surface area contributed by atoms with E-state index >= 15 is 0 Å². The van der Waals surface area contributed by atoms with E-state index in [9.17, 15) is 22.8 Å². The van der Waals surface area contributed by atoms with Gasteiger partial charge in [0, 0.05) is 32.8 Å². The van der Waals surface area contributed by atoms with Crippen LogP contribution < -0.4 is 11.1 Å². The van der Waals surface area contributed by atoms with Crippen molar-refractivity contribution in [2.75, 3.05) is 13.1 Å². The van der Waals surface area contributed by atoms with Crippen molar-refractivity contribution in [3.8, 4) is 11.1 Å². The molecule has 9 heteroatoms. The molecule has 1 aromatic heterocycles. The molecule has 1 aliphatic rings. The number of alkyl halides is 3. The average molecular weight is 523 g/mol. The highest BCUT2D eigenvalue weighted by Gasteiger charge is 2.31. The van der Waals surface area contributed by atoms with Crippen LogP contribution in [0.3, 0.4) is 0 Å². The zero-order valence-electron chi connectivity index (χ0n) is 21.2. The fraction of sp³-hybridized carbons (Fsp3) is 0.276. The predicted octanol–water partition coefficient (Wildman–Crippen LogP) is 5.35. The van der Waals surface area contributed by atoms with Crippen LogP contribution in [0.4, 0.5) is 13.2 Å². The van der Waals surface area contributed by atoms with Crippen molar-refractivity contribution in [3.63, 3.8) is 0 Å². The van der Waals surface area contributed by atoms with Crippen LogP contribution in [-0.2, 0) is 17.5 Å². The standard InChI is InChI=1S/C29H29F3N4O2/c1-18(20-3-5-22(6-4-20)26-16-25(29(30,31)32)8-7-24(26)17-33)35-28(38)27-15-23(9-12-34-27)21-10-13-36(14-11-21)19(2)37/h3-10,12,15-16,18H,11,13-14,17,33H2,1-2H3,(H,35,38)/t18-/m1/s1. The van der Waals surface area contributed by atoms with Gasteiger partial charge in [-0.05, 0) is 71.0 Å². The van der Waals surface area contributed by atoms with Gasteiger partial charge in [0.1, 0.15) is 5.69 Å². The Morgan fingerprint density at radius 1 is 1.08 bits per heavy atom. The number of pyridine rings is 1. The number of nitrogens with one attached hydrogen (secondary N) is 1. The summed E-state index contributed by atoms with van der Waals surface area (Å²) in [5.41, 5.74) is 9.69. The molecule has 2 amide bonds. The van der Waals surface area contributed by atoms with Crippen molar-refractivity contribution in [1.82, 2.24) is 15.2 Å². The summed E-state index contributed by atoms with van der Waals surface area (Å²) in [7, 11) is 0. The van der Waals surface area contributed by atoms with Crippen LogP contribution in [0.15, 0.2) is 66.9 Å². The molecule has 0 saturated heterocycles. The van der Waals surface area contributed by atoms with Gasteiger partial charge in [-0.25, -0.2) is 0 Å². The number of hydrogen-bond donors (Lipinski definition) is 2. The molecule has 0 bridgehead atoms. The molecular weight excluding hydrogens is 493 g/mol. The SMILES string of the molecule is CC(=O)N1CC=C(c2ccnc(C(=O)N[C@H](C)c3ccc(-c4cc(C(F)(F)F)ccc4CN)cc3)c2)CC1. The first-order valence-electron chi connectivity index (χ1n) is 12.3. The molecular formula is C29H29F3N4O2. The van der Waals surface area contributed by atoms with Crippen LogP contribution in [-0.4, -0.2) is 34.8 Å². The summed E-state index contributed by atoms with van der Waals surface area (Å²) in [6.45, 7) is 4.65. The van der Waals surface area contributed by atoms with E-state index in [1.54, 1.807) is 48.4 Å². The number of carbonyl (C=O) groups is 2. The molecule has 0 radical (unpaired) electrons. The van der Waals surface area contributed by atoms with E-state index in [0.29, 0.717) is 36.2 Å². The van der Waals surface area contributed by atoms with Gasteiger partial charge in [-0.15, -0.1) is 0 Å². The second kappa shape index (κ2) is 11.2. The Bertz CT molecular complexity index is 1370. The first kappa shape index (κ1) is 27.1. The number of benzene rings is 2. The van der Waals surface area contributed by atoms with Crippen LogP contribution in [0, 0.1) is 0 Å². The lowest BCUT2D eigenvalue weighted by Gasteiger charge is -2.25. The summed E-state index contributed by atoms with van der Waals surface area (Å²) < 4.78 is 39.7. The largest absolute Gasteiger partial charge is 0.416 e. The maximum atomic E-state index is 13.2. The van der Waals surface area contributed by atoms with Crippen molar-refractivity contribution in [2.24, 2.45) is 5.73 Å². The van der Waals surface area contributed by atoms with Gasteiger partial charge in [0.15, 0.2) is 0 Å².